The summed E-state index contributed by atoms with van der Waals surface area (Å²) >= 11 is 0. The van der Waals surface area contributed by atoms with Crippen molar-refractivity contribution >= 4 is 22.5 Å². The second-order valence-corrected chi connectivity index (χ2v) is 8.35. The van der Waals surface area contributed by atoms with Crippen LogP contribution in [0.1, 0.15) is 42.4 Å². The van der Waals surface area contributed by atoms with E-state index in [4.69, 9.17) is 4.74 Å². The van der Waals surface area contributed by atoms with E-state index in [1.807, 2.05) is 25.1 Å². The van der Waals surface area contributed by atoms with Crippen LogP contribution in [0.4, 0.5) is 10.1 Å². The number of carbonyl (C=O) groups is 1. The van der Waals surface area contributed by atoms with E-state index in [0.717, 1.165) is 53.5 Å². The maximum absolute atomic E-state index is 14.9. The van der Waals surface area contributed by atoms with Crippen LogP contribution in [-0.4, -0.2) is 24.0 Å². The number of nitrogens with one attached hydrogen (secondary N) is 2. The third kappa shape index (κ3) is 4.74. The lowest BCUT2D eigenvalue weighted by atomic mass is 9.99. The van der Waals surface area contributed by atoms with Gasteiger partial charge in [0.2, 0.25) is 0 Å². The van der Waals surface area contributed by atoms with Gasteiger partial charge in [-0.3, -0.25) is 9.78 Å². The van der Waals surface area contributed by atoms with Gasteiger partial charge in [-0.2, -0.15) is 0 Å². The lowest BCUT2D eigenvalue weighted by Gasteiger charge is -2.15. The zero-order valence-electron chi connectivity index (χ0n) is 18.5. The largest absolute Gasteiger partial charge is 0.496 e. The first-order valence-electron chi connectivity index (χ1n) is 10.9. The van der Waals surface area contributed by atoms with E-state index >= 15 is 0 Å². The Bertz CT molecular complexity index is 1170. The van der Waals surface area contributed by atoms with Gasteiger partial charge in [0.25, 0.3) is 5.91 Å². The third-order valence-electron chi connectivity index (χ3n) is 6.04. The number of fused-ring (bicyclic) bond motifs is 1. The van der Waals surface area contributed by atoms with Crippen molar-refractivity contribution in [1.29, 1.82) is 0 Å². The molecule has 0 bridgehead atoms. The molecule has 32 heavy (non-hydrogen) atoms. The van der Waals surface area contributed by atoms with Gasteiger partial charge in [-0.05, 0) is 66.8 Å². The maximum Gasteiger partial charge on any atom is 0.267 e. The van der Waals surface area contributed by atoms with Gasteiger partial charge in [-0.15, -0.1) is 0 Å². The molecule has 0 aliphatic heterocycles. The maximum atomic E-state index is 14.9. The summed E-state index contributed by atoms with van der Waals surface area (Å²) in [4.78, 5) is 16.7. The number of aromatic nitrogens is 1. The summed E-state index contributed by atoms with van der Waals surface area (Å²) in [6, 6.07) is 10.9. The highest BCUT2D eigenvalue weighted by Crippen LogP contribution is 2.28. The first-order chi connectivity index (χ1) is 15.4. The minimum Gasteiger partial charge on any atom is -0.496 e. The van der Waals surface area contributed by atoms with Crippen LogP contribution >= 0.6 is 0 Å². The van der Waals surface area contributed by atoms with Crippen molar-refractivity contribution in [2.24, 2.45) is 0 Å². The Morgan fingerprint density at radius 1 is 1.19 bits per heavy atom. The topological polar surface area (TPSA) is 63.3 Å². The predicted molar refractivity (Wildman–Crippen MR) is 125 cm³/mol. The van der Waals surface area contributed by atoms with Gasteiger partial charge in [0.1, 0.15) is 11.6 Å². The highest BCUT2D eigenvalue weighted by Gasteiger charge is 2.19. The number of nitrogens with zero attached hydrogens (tertiary/aromatic N) is 1. The average Bonchev–Trinajstić information content (AvgIpc) is 3.28. The lowest BCUT2D eigenvalue weighted by Crippen LogP contribution is -2.35. The number of amides is 1. The molecular weight excluding hydrogens is 405 g/mol. The minimum atomic E-state index is -0.344. The Morgan fingerprint density at radius 3 is 2.69 bits per heavy atom. The molecule has 1 aliphatic carbocycles. The van der Waals surface area contributed by atoms with Crippen LogP contribution in [0.5, 0.6) is 5.75 Å². The molecule has 5 nitrogen and oxygen atoms in total. The lowest BCUT2D eigenvalue weighted by molar-refractivity contribution is -0.117. The second kappa shape index (κ2) is 9.39. The Morgan fingerprint density at radius 2 is 1.97 bits per heavy atom. The van der Waals surface area contributed by atoms with E-state index in [2.05, 4.69) is 22.2 Å². The van der Waals surface area contributed by atoms with E-state index < -0.39 is 0 Å². The normalized spacial score (nSPS) is 13.8. The molecule has 0 saturated heterocycles. The summed E-state index contributed by atoms with van der Waals surface area (Å²) in [6.45, 7) is 5.78. The van der Waals surface area contributed by atoms with Crippen LogP contribution in [0.25, 0.3) is 10.9 Å². The van der Waals surface area contributed by atoms with Gasteiger partial charge in [0.15, 0.2) is 0 Å². The van der Waals surface area contributed by atoms with Gasteiger partial charge in [-0.1, -0.05) is 25.5 Å². The standard InChI is InChI=1S/C26H28FN3O2/c1-16-12-24-22(15-25(16)32-3)18(10-11-28-24)13-19-8-9-21(14-23(19)27)29-17(2)26(31)30-20-6-4-5-7-20/h8-12,14-15,20,29H,2,4-7,13H2,1,3H3,(H,30,31). The quantitative estimate of drug-likeness (QED) is 0.499. The number of benzene rings is 2. The molecule has 1 fully saturated rings. The monoisotopic (exact) mass is 433 g/mol. The number of ether oxygens (including phenoxy) is 1. The molecule has 1 amide bonds. The molecule has 1 aromatic heterocycles. The van der Waals surface area contributed by atoms with Gasteiger partial charge in [-0.25, -0.2) is 4.39 Å². The zero-order valence-corrected chi connectivity index (χ0v) is 18.5. The summed E-state index contributed by atoms with van der Waals surface area (Å²) in [5, 5.41) is 6.84. The summed E-state index contributed by atoms with van der Waals surface area (Å²) in [5.74, 6) is 0.193. The van der Waals surface area contributed by atoms with Gasteiger partial charge in [0, 0.05) is 29.7 Å². The van der Waals surface area contributed by atoms with E-state index in [-0.39, 0.29) is 23.5 Å². The van der Waals surface area contributed by atoms with E-state index in [9.17, 15) is 9.18 Å². The van der Waals surface area contributed by atoms with Crippen molar-refractivity contribution in [2.75, 3.05) is 12.4 Å². The van der Waals surface area contributed by atoms with Crippen LogP contribution in [0, 0.1) is 12.7 Å². The fourth-order valence-electron chi connectivity index (χ4n) is 4.26. The number of methoxy groups -OCH3 is 1. The van der Waals surface area contributed by atoms with Crippen LogP contribution in [-0.2, 0) is 11.2 Å². The number of pyridine rings is 1. The molecule has 0 atom stereocenters. The fraction of sp³-hybridized carbons (Fsp3) is 0.308. The summed E-state index contributed by atoms with van der Waals surface area (Å²) in [5.41, 5.74) is 4.09. The van der Waals surface area contributed by atoms with Crippen molar-refractivity contribution in [3.63, 3.8) is 0 Å². The first kappa shape index (κ1) is 21.8. The Balaban J connectivity index is 1.49. The molecule has 0 radical (unpaired) electrons. The van der Waals surface area contributed by atoms with Gasteiger partial charge in [0.05, 0.1) is 18.3 Å². The number of hydrogen-bond donors (Lipinski definition) is 2. The highest BCUT2D eigenvalue weighted by molar-refractivity contribution is 5.95. The zero-order chi connectivity index (χ0) is 22.7. The van der Waals surface area contributed by atoms with Crippen LogP contribution in [0.3, 0.4) is 0 Å². The SMILES string of the molecule is C=C(Nc1ccc(Cc2ccnc3cc(C)c(OC)cc23)c(F)c1)C(=O)NC1CCCC1. The number of halogens is 1. The first-order valence-corrected chi connectivity index (χ1v) is 10.9. The van der Waals surface area contributed by atoms with Gasteiger partial charge >= 0.3 is 0 Å². The minimum absolute atomic E-state index is 0.206. The molecule has 2 N–H and O–H groups in total. The highest BCUT2D eigenvalue weighted by atomic mass is 19.1. The smallest absolute Gasteiger partial charge is 0.267 e. The van der Waals surface area contributed by atoms with Crippen molar-refractivity contribution in [3.8, 4) is 5.75 Å². The van der Waals surface area contributed by atoms with Crippen molar-refractivity contribution < 1.29 is 13.9 Å². The molecule has 4 rings (SSSR count). The summed E-state index contributed by atoms with van der Waals surface area (Å²) in [6.07, 6.45) is 6.42. The molecule has 166 valence electrons. The van der Waals surface area contributed by atoms with Crippen molar-refractivity contribution in [3.05, 3.63) is 77.4 Å². The van der Waals surface area contributed by atoms with Crippen LogP contribution < -0.4 is 15.4 Å². The Hall–Kier alpha value is -3.41. The summed E-state index contributed by atoms with van der Waals surface area (Å²) in [7, 11) is 1.64. The van der Waals surface area contributed by atoms with Crippen LogP contribution in [0.15, 0.2) is 54.9 Å². The predicted octanol–water partition coefficient (Wildman–Crippen LogP) is 5.27. The number of rotatable bonds is 7. The molecule has 1 aliphatic rings. The number of hydrogen-bond acceptors (Lipinski definition) is 4. The Kier molecular flexibility index (Phi) is 6.40. The molecule has 6 heteroatoms. The molecule has 1 heterocycles. The average molecular weight is 434 g/mol. The third-order valence-corrected chi connectivity index (χ3v) is 6.04. The molecule has 1 saturated carbocycles. The molecule has 3 aromatic rings. The number of carbonyl (C=O) groups excluding carboxylic acids is 1. The number of aryl methyl sites for hydroxylation is 1. The van der Waals surface area contributed by atoms with Gasteiger partial charge < -0.3 is 15.4 Å². The fourth-order valence-corrected chi connectivity index (χ4v) is 4.26. The number of anilines is 1. The molecule has 0 unspecified atom stereocenters. The van der Waals surface area contributed by atoms with E-state index in [0.29, 0.717) is 17.7 Å². The molecular formula is C26H28FN3O2. The van der Waals surface area contributed by atoms with E-state index in [1.54, 1.807) is 25.4 Å². The Labute approximate surface area is 187 Å². The van der Waals surface area contributed by atoms with Crippen LogP contribution in [0.2, 0.25) is 0 Å². The van der Waals surface area contributed by atoms with Crippen molar-refractivity contribution in [1.82, 2.24) is 10.3 Å². The summed E-state index contributed by atoms with van der Waals surface area (Å²) < 4.78 is 20.4. The second-order valence-electron chi connectivity index (χ2n) is 8.35. The van der Waals surface area contributed by atoms with E-state index in [1.165, 1.54) is 6.07 Å². The van der Waals surface area contributed by atoms with Crippen molar-refractivity contribution in [2.45, 2.75) is 45.1 Å². The molecule has 2 aromatic carbocycles. The molecule has 0 spiro atoms.